The Bertz CT molecular complexity index is 388. The number of nitrogens with zero attached hydrogens (tertiary/aromatic N) is 1. The first-order valence-electron chi connectivity index (χ1n) is 7.78. The number of likely N-dealkylation sites (tertiary alicyclic amines) is 1. The van der Waals surface area contributed by atoms with Crippen molar-refractivity contribution < 1.29 is 4.74 Å². The minimum absolute atomic E-state index is 0.238. The Hall–Kier alpha value is -1.06. The summed E-state index contributed by atoms with van der Waals surface area (Å²) >= 11 is 0. The SMILES string of the molecule is CC(C)Oc1ccc(CNCC2CCCN(C)C2)cc1. The molecule has 1 unspecified atom stereocenters. The second-order valence-electron chi connectivity index (χ2n) is 6.21. The number of hydrogen-bond donors (Lipinski definition) is 1. The van der Waals surface area contributed by atoms with Crippen LogP contribution in [0.15, 0.2) is 24.3 Å². The Morgan fingerprint density at radius 3 is 2.70 bits per heavy atom. The lowest BCUT2D eigenvalue weighted by molar-refractivity contribution is 0.206. The van der Waals surface area contributed by atoms with E-state index in [9.17, 15) is 0 Å². The summed E-state index contributed by atoms with van der Waals surface area (Å²) in [5.74, 6) is 1.76. The highest BCUT2D eigenvalue weighted by Crippen LogP contribution is 2.15. The lowest BCUT2D eigenvalue weighted by Crippen LogP contribution is -2.37. The second kappa shape index (κ2) is 7.65. The van der Waals surface area contributed by atoms with E-state index in [0.717, 1.165) is 24.8 Å². The molecular weight excluding hydrogens is 248 g/mol. The number of rotatable bonds is 6. The van der Waals surface area contributed by atoms with Gasteiger partial charge in [-0.15, -0.1) is 0 Å². The zero-order valence-corrected chi connectivity index (χ0v) is 13.1. The number of nitrogens with one attached hydrogen (secondary N) is 1. The van der Waals surface area contributed by atoms with Crippen molar-refractivity contribution in [1.82, 2.24) is 10.2 Å². The minimum Gasteiger partial charge on any atom is -0.491 e. The van der Waals surface area contributed by atoms with Crippen LogP contribution in [0.1, 0.15) is 32.3 Å². The highest BCUT2D eigenvalue weighted by atomic mass is 16.5. The van der Waals surface area contributed by atoms with Gasteiger partial charge in [-0.05, 0) is 70.4 Å². The van der Waals surface area contributed by atoms with Crippen molar-refractivity contribution in [2.45, 2.75) is 39.3 Å². The van der Waals surface area contributed by atoms with E-state index in [4.69, 9.17) is 4.74 Å². The second-order valence-corrected chi connectivity index (χ2v) is 6.21. The van der Waals surface area contributed by atoms with Gasteiger partial charge in [-0.25, -0.2) is 0 Å². The third-order valence-electron chi connectivity index (χ3n) is 3.78. The van der Waals surface area contributed by atoms with Crippen molar-refractivity contribution in [2.24, 2.45) is 5.92 Å². The van der Waals surface area contributed by atoms with Crippen LogP contribution in [0.5, 0.6) is 5.75 Å². The molecule has 0 saturated carbocycles. The van der Waals surface area contributed by atoms with Gasteiger partial charge in [0.1, 0.15) is 5.75 Å². The van der Waals surface area contributed by atoms with Gasteiger partial charge in [-0.2, -0.15) is 0 Å². The third-order valence-corrected chi connectivity index (χ3v) is 3.78. The maximum Gasteiger partial charge on any atom is 0.119 e. The fraction of sp³-hybridized carbons (Fsp3) is 0.647. The Kier molecular flexibility index (Phi) is 5.86. The van der Waals surface area contributed by atoms with Crippen molar-refractivity contribution in [3.05, 3.63) is 29.8 Å². The molecule has 3 heteroatoms. The summed E-state index contributed by atoms with van der Waals surface area (Å²) in [6, 6.07) is 8.42. The summed E-state index contributed by atoms with van der Waals surface area (Å²) in [6.07, 6.45) is 2.94. The Labute approximate surface area is 123 Å². The van der Waals surface area contributed by atoms with Crippen LogP contribution in [0.3, 0.4) is 0 Å². The van der Waals surface area contributed by atoms with Crippen LogP contribution < -0.4 is 10.1 Å². The third kappa shape index (κ3) is 5.14. The molecule has 20 heavy (non-hydrogen) atoms. The fourth-order valence-corrected chi connectivity index (χ4v) is 2.82. The molecule has 1 aromatic rings. The van der Waals surface area contributed by atoms with Gasteiger partial charge in [0, 0.05) is 13.1 Å². The molecule has 1 aromatic carbocycles. The summed E-state index contributed by atoms with van der Waals surface area (Å²) in [7, 11) is 2.22. The van der Waals surface area contributed by atoms with Crippen molar-refractivity contribution in [3.63, 3.8) is 0 Å². The predicted octanol–water partition coefficient (Wildman–Crippen LogP) is 2.91. The van der Waals surface area contributed by atoms with E-state index < -0.39 is 0 Å². The molecule has 0 spiro atoms. The summed E-state index contributed by atoms with van der Waals surface area (Å²) in [6.45, 7) is 8.66. The first-order valence-corrected chi connectivity index (χ1v) is 7.78. The normalized spacial score (nSPS) is 20.3. The lowest BCUT2D eigenvalue weighted by atomic mass is 9.98. The molecular formula is C17H28N2O. The molecule has 1 aliphatic heterocycles. The van der Waals surface area contributed by atoms with Crippen LogP contribution in [0.4, 0.5) is 0 Å². The van der Waals surface area contributed by atoms with Gasteiger partial charge in [0.2, 0.25) is 0 Å². The molecule has 112 valence electrons. The largest absolute Gasteiger partial charge is 0.491 e. The predicted molar refractivity (Wildman–Crippen MR) is 84.1 cm³/mol. The molecule has 1 aliphatic rings. The molecule has 1 fully saturated rings. The van der Waals surface area contributed by atoms with Gasteiger partial charge in [0.25, 0.3) is 0 Å². The number of piperidine rings is 1. The molecule has 2 rings (SSSR count). The molecule has 1 atom stereocenters. The van der Waals surface area contributed by atoms with Crippen LogP contribution in [0.25, 0.3) is 0 Å². The minimum atomic E-state index is 0.238. The highest BCUT2D eigenvalue weighted by molar-refractivity contribution is 5.27. The van der Waals surface area contributed by atoms with E-state index in [0.29, 0.717) is 0 Å². The van der Waals surface area contributed by atoms with Crippen LogP contribution in [-0.2, 0) is 6.54 Å². The van der Waals surface area contributed by atoms with Crippen LogP contribution >= 0.6 is 0 Å². The monoisotopic (exact) mass is 276 g/mol. The van der Waals surface area contributed by atoms with Crippen molar-refractivity contribution in [3.8, 4) is 5.75 Å². The van der Waals surface area contributed by atoms with E-state index in [-0.39, 0.29) is 6.10 Å². The Balaban J connectivity index is 1.71. The highest BCUT2D eigenvalue weighted by Gasteiger charge is 2.16. The molecule has 1 N–H and O–H groups in total. The average Bonchev–Trinajstić information content (AvgIpc) is 2.40. The Morgan fingerprint density at radius 1 is 1.30 bits per heavy atom. The lowest BCUT2D eigenvalue weighted by Gasteiger charge is -2.29. The van der Waals surface area contributed by atoms with Gasteiger partial charge in [0.05, 0.1) is 6.10 Å². The van der Waals surface area contributed by atoms with Gasteiger partial charge >= 0.3 is 0 Å². The van der Waals surface area contributed by atoms with Crippen molar-refractivity contribution in [2.75, 3.05) is 26.7 Å². The molecule has 1 saturated heterocycles. The maximum absolute atomic E-state index is 5.65. The quantitative estimate of drug-likeness (QED) is 0.864. The van der Waals surface area contributed by atoms with Gasteiger partial charge in [0.15, 0.2) is 0 Å². The topological polar surface area (TPSA) is 24.5 Å². The molecule has 0 aromatic heterocycles. The van der Waals surface area contributed by atoms with E-state index in [2.05, 4.69) is 55.4 Å². The Morgan fingerprint density at radius 2 is 2.05 bits per heavy atom. The fourth-order valence-electron chi connectivity index (χ4n) is 2.82. The zero-order valence-electron chi connectivity index (χ0n) is 13.1. The summed E-state index contributed by atoms with van der Waals surface area (Å²) in [4.78, 5) is 2.44. The molecule has 0 radical (unpaired) electrons. The van der Waals surface area contributed by atoms with E-state index >= 15 is 0 Å². The smallest absolute Gasteiger partial charge is 0.119 e. The van der Waals surface area contributed by atoms with Crippen LogP contribution in [0.2, 0.25) is 0 Å². The summed E-state index contributed by atoms with van der Waals surface area (Å²) in [5.41, 5.74) is 1.32. The van der Waals surface area contributed by atoms with Gasteiger partial charge in [-0.1, -0.05) is 12.1 Å². The average molecular weight is 276 g/mol. The van der Waals surface area contributed by atoms with Crippen LogP contribution in [-0.4, -0.2) is 37.7 Å². The molecule has 0 bridgehead atoms. The van der Waals surface area contributed by atoms with Crippen molar-refractivity contribution >= 4 is 0 Å². The first kappa shape index (κ1) is 15.3. The summed E-state index contributed by atoms with van der Waals surface area (Å²) < 4.78 is 5.65. The van der Waals surface area contributed by atoms with E-state index in [1.54, 1.807) is 0 Å². The zero-order chi connectivity index (χ0) is 14.4. The molecule has 0 amide bonds. The van der Waals surface area contributed by atoms with E-state index in [1.807, 2.05) is 0 Å². The number of ether oxygens (including phenoxy) is 1. The first-order chi connectivity index (χ1) is 9.63. The summed E-state index contributed by atoms with van der Waals surface area (Å²) in [5, 5.41) is 3.58. The maximum atomic E-state index is 5.65. The number of benzene rings is 1. The van der Waals surface area contributed by atoms with Gasteiger partial charge < -0.3 is 15.0 Å². The van der Waals surface area contributed by atoms with Crippen molar-refractivity contribution in [1.29, 1.82) is 0 Å². The van der Waals surface area contributed by atoms with Gasteiger partial charge in [-0.3, -0.25) is 0 Å². The molecule has 3 nitrogen and oxygen atoms in total. The molecule has 1 heterocycles. The van der Waals surface area contributed by atoms with Crippen LogP contribution in [0, 0.1) is 5.92 Å². The number of hydrogen-bond acceptors (Lipinski definition) is 3. The standard InChI is InChI=1S/C17H28N2O/c1-14(2)20-17-8-6-15(7-9-17)11-18-12-16-5-4-10-19(3)13-16/h6-9,14,16,18H,4-5,10-13H2,1-3H3. The molecule has 0 aliphatic carbocycles. The van der Waals surface area contributed by atoms with E-state index in [1.165, 1.54) is 31.5 Å².